The quantitative estimate of drug-likeness (QED) is 0.339. The van der Waals surface area contributed by atoms with Crippen LogP contribution in [0.5, 0.6) is 0 Å². The number of anilines is 2. The predicted molar refractivity (Wildman–Crippen MR) is 144 cm³/mol. The molecule has 3 saturated heterocycles. The minimum atomic E-state index is -1.47. The third-order valence-corrected chi connectivity index (χ3v) is 8.36. The van der Waals surface area contributed by atoms with Crippen molar-refractivity contribution in [2.24, 2.45) is 5.41 Å². The Kier molecular flexibility index (Phi) is 5.81. The summed E-state index contributed by atoms with van der Waals surface area (Å²) >= 11 is 6.04. The van der Waals surface area contributed by atoms with Gasteiger partial charge in [0.2, 0.25) is 11.8 Å². The maximum absolute atomic E-state index is 13.6. The molecule has 1 atom stereocenters. The van der Waals surface area contributed by atoms with Crippen LogP contribution in [0.2, 0.25) is 5.02 Å². The topological polar surface area (TPSA) is 127 Å². The lowest BCUT2D eigenvalue weighted by atomic mass is 9.68. The standard InChI is InChI=1S/C28H24ClN5O6/c1-31-24(37)28(25(38)32(2)27(31)40)14-16-11-15(8-9-20(16)33-10-4-7-21(28)33)12-19-22(35)30-26(39)34(23(19)36)18-6-3-5-17(29)13-18/h3,5-6,8-9,11-13,21H,4,7,10,14H2,1-2H3,(H,30,35,39)/b19-12+/t21-/m1/s1. The van der Waals surface area contributed by atoms with E-state index in [1.807, 2.05) is 11.0 Å². The largest absolute Gasteiger partial charge is 0.367 e. The van der Waals surface area contributed by atoms with E-state index < -0.39 is 47.1 Å². The third kappa shape index (κ3) is 3.57. The smallest absolute Gasteiger partial charge is 0.335 e. The van der Waals surface area contributed by atoms with E-state index in [-0.39, 0.29) is 17.7 Å². The van der Waals surface area contributed by atoms with Crippen molar-refractivity contribution in [2.45, 2.75) is 25.3 Å². The number of hydrogen-bond acceptors (Lipinski definition) is 7. The molecule has 0 unspecified atom stereocenters. The van der Waals surface area contributed by atoms with Crippen molar-refractivity contribution in [3.8, 4) is 0 Å². The van der Waals surface area contributed by atoms with Crippen molar-refractivity contribution in [3.63, 3.8) is 0 Å². The van der Waals surface area contributed by atoms with Gasteiger partial charge < -0.3 is 4.90 Å². The number of carbonyl (C=O) groups excluding carboxylic acids is 6. The van der Waals surface area contributed by atoms with Gasteiger partial charge in [0, 0.05) is 31.4 Å². The zero-order valence-electron chi connectivity index (χ0n) is 21.6. The molecule has 0 bridgehead atoms. The molecule has 12 heteroatoms. The highest BCUT2D eigenvalue weighted by Crippen LogP contribution is 2.49. The number of hydrogen-bond donors (Lipinski definition) is 1. The maximum Gasteiger partial charge on any atom is 0.335 e. The third-order valence-electron chi connectivity index (χ3n) is 8.13. The summed E-state index contributed by atoms with van der Waals surface area (Å²) in [6, 6.07) is 9.50. The molecule has 2 aromatic rings. The SMILES string of the molecule is CN1C(=O)N(C)C(=O)C2(Cc3cc(/C=C4\C(=O)NC(=O)N(c5cccc(Cl)c5)C4=O)ccc3N3CCC[C@@H]32)C1=O. The Hall–Kier alpha value is -4.51. The van der Waals surface area contributed by atoms with Gasteiger partial charge in [0.1, 0.15) is 5.57 Å². The molecular weight excluding hydrogens is 538 g/mol. The van der Waals surface area contributed by atoms with E-state index in [2.05, 4.69) is 5.32 Å². The van der Waals surface area contributed by atoms with Crippen LogP contribution in [0.3, 0.4) is 0 Å². The Labute approximate surface area is 233 Å². The van der Waals surface area contributed by atoms with Crippen LogP contribution in [0.15, 0.2) is 48.0 Å². The van der Waals surface area contributed by atoms with E-state index >= 15 is 0 Å². The van der Waals surface area contributed by atoms with Crippen molar-refractivity contribution >= 4 is 64.7 Å². The second kappa shape index (κ2) is 9.02. The van der Waals surface area contributed by atoms with Crippen LogP contribution in [0, 0.1) is 5.41 Å². The molecule has 4 heterocycles. The first-order valence-corrected chi connectivity index (χ1v) is 13.1. The van der Waals surface area contributed by atoms with Gasteiger partial charge in [-0.15, -0.1) is 0 Å². The first kappa shape index (κ1) is 25.8. The average Bonchev–Trinajstić information content (AvgIpc) is 3.43. The molecule has 8 amide bonds. The molecule has 4 aliphatic heterocycles. The van der Waals surface area contributed by atoms with Crippen molar-refractivity contribution in [2.75, 3.05) is 30.4 Å². The van der Waals surface area contributed by atoms with Gasteiger partial charge in [-0.3, -0.25) is 34.3 Å². The molecule has 3 fully saturated rings. The van der Waals surface area contributed by atoms with Crippen LogP contribution in [0.4, 0.5) is 21.0 Å². The molecule has 40 heavy (non-hydrogen) atoms. The Morgan fingerprint density at radius 1 is 0.975 bits per heavy atom. The van der Waals surface area contributed by atoms with Crippen molar-refractivity contribution in [1.82, 2.24) is 15.1 Å². The molecule has 11 nitrogen and oxygen atoms in total. The first-order valence-electron chi connectivity index (χ1n) is 12.7. The summed E-state index contributed by atoms with van der Waals surface area (Å²) in [7, 11) is 2.76. The highest BCUT2D eigenvalue weighted by molar-refractivity contribution is 6.39. The van der Waals surface area contributed by atoms with E-state index in [0.29, 0.717) is 29.1 Å². The first-order chi connectivity index (χ1) is 19.0. The van der Waals surface area contributed by atoms with Crippen LogP contribution in [-0.2, 0) is 25.6 Å². The van der Waals surface area contributed by atoms with Crippen LogP contribution in [0.1, 0.15) is 24.0 Å². The van der Waals surface area contributed by atoms with Crippen molar-refractivity contribution in [1.29, 1.82) is 0 Å². The lowest BCUT2D eigenvalue weighted by molar-refractivity contribution is -0.159. The predicted octanol–water partition coefficient (Wildman–Crippen LogP) is 2.57. The number of imide groups is 4. The molecule has 6 rings (SSSR count). The Morgan fingerprint density at radius 2 is 1.70 bits per heavy atom. The fourth-order valence-electron chi connectivity index (χ4n) is 6.30. The van der Waals surface area contributed by atoms with Gasteiger partial charge in [-0.25, -0.2) is 14.5 Å². The second-order valence-corrected chi connectivity index (χ2v) is 10.8. The molecule has 0 aromatic heterocycles. The van der Waals surface area contributed by atoms with E-state index in [1.54, 1.807) is 24.3 Å². The number of benzene rings is 2. The molecule has 1 N–H and O–H groups in total. The maximum atomic E-state index is 13.6. The summed E-state index contributed by atoms with van der Waals surface area (Å²) < 4.78 is 0. The highest BCUT2D eigenvalue weighted by Gasteiger charge is 2.63. The number of fused-ring (bicyclic) bond motifs is 4. The number of nitrogens with zero attached hydrogens (tertiary/aromatic N) is 4. The molecule has 2 aromatic carbocycles. The fraction of sp³-hybridized carbons (Fsp3) is 0.286. The number of amides is 8. The molecule has 0 saturated carbocycles. The van der Waals surface area contributed by atoms with E-state index in [1.165, 1.54) is 32.3 Å². The minimum absolute atomic E-state index is 0.0629. The highest BCUT2D eigenvalue weighted by atomic mass is 35.5. The van der Waals surface area contributed by atoms with Gasteiger partial charge >= 0.3 is 12.1 Å². The second-order valence-electron chi connectivity index (χ2n) is 10.3. The van der Waals surface area contributed by atoms with Crippen molar-refractivity contribution < 1.29 is 28.8 Å². The zero-order chi connectivity index (χ0) is 28.5. The molecule has 1 spiro atoms. The molecular formula is C28H24ClN5O6. The molecule has 0 aliphatic carbocycles. The minimum Gasteiger partial charge on any atom is -0.367 e. The number of rotatable bonds is 2. The summed E-state index contributed by atoms with van der Waals surface area (Å²) in [6.07, 6.45) is 2.84. The fourth-order valence-corrected chi connectivity index (χ4v) is 6.49. The normalized spacial score (nSPS) is 23.3. The summed E-state index contributed by atoms with van der Waals surface area (Å²) in [4.78, 5) is 83.2. The Balaban J connectivity index is 1.41. The van der Waals surface area contributed by atoms with Gasteiger partial charge in [0.05, 0.1) is 11.7 Å². The summed E-state index contributed by atoms with van der Waals surface area (Å²) in [5, 5.41) is 2.50. The number of carbonyl (C=O) groups is 6. The van der Waals surface area contributed by atoms with E-state index in [0.717, 1.165) is 26.8 Å². The van der Waals surface area contributed by atoms with Crippen LogP contribution >= 0.6 is 11.6 Å². The van der Waals surface area contributed by atoms with Crippen molar-refractivity contribution in [3.05, 3.63) is 64.2 Å². The molecule has 204 valence electrons. The lowest BCUT2D eigenvalue weighted by Crippen LogP contribution is -2.70. The Morgan fingerprint density at radius 3 is 2.40 bits per heavy atom. The summed E-state index contributed by atoms with van der Waals surface area (Å²) in [6.45, 7) is 0.638. The van der Waals surface area contributed by atoms with E-state index in [4.69, 9.17) is 11.6 Å². The van der Waals surface area contributed by atoms with E-state index in [9.17, 15) is 28.8 Å². The number of barbiturate groups is 2. The monoisotopic (exact) mass is 561 g/mol. The number of urea groups is 2. The molecule has 0 radical (unpaired) electrons. The number of halogens is 1. The average molecular weight is 562 g/mol. The van der Waals surface area contributed by atoms with Gasteiger partial charge in [-0.1, -0.05) is 23.7 Å². The van der Waals surface area contributed by atoms with Crippen LogP contribution < -0.4 is 15.1 Å². The zero-order valence-corrected chi connectivity index (χ0v) is 22.4. The lowest BCUT2D eigenvalue weighted by Gasteiger charge is -2.50. The van der Waals surface area contributed by atoms with Crippen LogP contribution in [0.25, 0.3) is 6.08 Å². The van der Waals surface area contributed by atoms with Crippen LogP contribution in [-0.4, -0.2) is 72.2 Å². The molecule has 4 aliphatic rings. The Bertz CT molecular complexity index is 1560. The number of nitrogens with one attached hydrogen (secondary N) is 1. The van der Waals surface area contributed by atoms with Gasteiger partial charge in [0.25, 0.3) is 11.8 Å². The van der Waals surface area contributed by atoms with Gasteiger partial charge in [-0.05, 0) is 66.8 Å². The summed E-state index contributed by atoms with van der Waals surface area (Å²) in [5.74, 6) is -2.74. The summed E-state index contributed by atoms with van der Waals surface area (Å²) in [5.41, 5.74) is 0.474. The van der Waals surface area contributed by atoms with Gasteiger partial charge in [-0.2, -0.15) is 0 Å². The van der Waals surface area contributed by atoms with Gasteiger partial charge in [0.15, 0.2) is 5.41 Å².